The van der Waals surface area contributed by atoms with Crippen molar-refractivity contribution in [2.45, 2.75) is 19.9 Å². The van der Waals surface area contributed by atoms with E-state index in [0.29, 0.717) is 12.4 Å². The van der Waals surface area contributed by atoms with Gasteiger partial charge in [0.2, 0.25) is 5.58 Å². The molecule has 120 valence electrons. The molecule has 0 aliphatic carbocycles. The van der Waals surface area contributed by atoms with Crippen LogP contribution in [0.1, 0.15) is 12.3 Å². The molecule has 0 atom stereocenters. The molecule has 6 heteroatoms. The average molecular weight is 331 g/mol. The van der Waals surface area contributed by atoms with E-state index in [1.54, 1.807) is 0 Å². The van der Waals surface area contributed by atoms with Gasteiger partial charge in [0.25, 0.3) is 5.52 Å². The van der Waals surface area contributed by atoms with E-state index in [0.717, 1.165) is 22.2 Å². The Morgan fingerprint density at radius 1 is 1.09 bits per heavy atom. The second kappa shape index (κ2) is 6.14. The third-order valence-electron chi connectivity index (χ3n) is 3.77. The summed E-state index contributed by atoms with van der Waals surface area (Å²) in [6.07, 6.45) is 0.265. The van der Waals surface area contributed by atoms with E-state index in [4.69, 9.17) is 4.42 Å². The monoisotopic (exact) mass is 331 g/mol. The van der Waals surface area contributed by atoms with Crippen molar-refractivity contribution in [2.24, 2.45) is 0 Å². The van der Waals surface area contributed by atoms with Crippen molar-refractivity contribution >= 4 is 21.2 Å². The van der Waals surface area contributed by atoms with Crippen LogP contribution in [0, 0.1) is 6.92 Å². The van der Waals surface area contributed by atoms with Crippen molar-refractivity contribution in [1.82, 2.24) is 0 Å². The van der Waals surface area contributed by atoms with Crippen molar-refractivity contribution in [3.8, 4) is 11.1 Å². The lowest BCUT2D eigenvalue weighted by atomic mass is 10.1. The first kappa shape index (κ1) is 15.7. The lowest BCUT2D eigenvalue weighted by Gasteiger charge is -2.04. The van der Waals surface area contributed by atoms with Gasteiger partial charge in [0, 0.05) is 18.2 Å². The van der Waals surface area contributed by atoms with E-state index in [9.17, 15) is 13.0 Å². The molecule has 1 heterocycles. The zero-order chi connectivity index (χ0) is 16.4. The maximum Gasteiger partial charge on any atom is 0.344 e. The van der Waals surface area contributed by atoms with Crippen molar-refractivity contribution in [3.05, 3.63) is 54.4 Å². The Kier molecular flexibility index (Phi) is 4.19. The normalized spacial score (nSPS) is 11.9. The Balaban J connectivity index is 1.96. The second-order valence-corrected chi connectivity index (χ2v) is 6.96. The molecule has 0 amide bonds. The minimum Gasteiger partial charge on any atom is -0.748 e. The lowest BCUT2D eigenvalue weighted by molar-refractivity contribution is -0.682. The Bertz CT molecular complexity index is 930. The Hall–Kier alpha value is -2.18. The fourth-order valence-corrected chi connectivity index (χ4v) is 3.17. The molecule has 23 heavy (non-hydrogen) atoms. The van der Waals surface area contributed by atoms with Crippen LogP contribution >= 0.6 is 0 Å². The summed E-state index contributed by atoms with van der Waals surface area (Å²) in [6.45, 7) is 2.26. The predicted octanol–water partition coefficient (Wildman–Crippen LogP) is 2.63. The summed E-state index contributed by atoms with van der Waals surface area (Å²) in [5.41, 5.74) is 3.80. The molecule has 3 aromatic rings. The van der Waals surface area contributed by atoms with E-state index in [2.05, 4.69) is 0 Å². The van der Waals surface area contributed by atoms with Crippen molar-refractivity contribution in [1.29, 1.82) is 0 Å². The number of aromatic nitrogens is 1. The maximum absolute atomic E-state index is 10.8. The van der Waals surface area contributed by atoms with Gasteiger partial charge in [-0.1, -0.05) is 36.4 Å². The third kappa shape index (κ3) is 3.60. The summed E-state index contributed by atoms with van der Waals surface area (Å²) in [7, 11) is -4.19. The fraction of sp³-hybridized carbons (Fsp3) is 0.235. The van der Waals surface area contributed by atoms with Crippen LogP contribution in [0.2, 0.25) is 0 Å². The van der Waals surface area contributed by atoms with Gasteiger partial charge < -0.3 is 8.97 Å². The van der Waals surface area contributed by atoms with Gasteiger partial charge >= 0.3 is 5.89 Å². The molecule has 1 aromatic heterocycles. The van der Waals surface area contributed by atoms with Crippen LogP contribution in [0.4, 0.5) is 0 Å². The first-order chi connectivity index (χ1) is 10.9. The van der Waals surface area contributed by atoms with E-state index in [1.807, 2.05) is 60.0 Å². The number of aryl methyl sites for hydroxylation is 2. The summed E-state index contributed by atoms with van der Waals surface area (Å²) >= 11 is 0. The summed E-state index contributed by atoms with van der Waals surface area (Å²) in [6, 6.07) is 15.9. The van der Waals surface area contributed by atoms with Crippen LogP contribution in [0.5, 0.6) is 0 Å². The zero-order valence-corrected chi connectivity index (χ0v) is 13.5. The van der Waals surface area contributed by atoms with Crippen LogP contribution < -0.4 is 4.57 Å². The van der Waals surface area contributed by atoms with E-state index >= 15 is 0 Å². The first-order valence-electron chi connectivity index (χ1n) is 7.36. The van der Waals surface area contributed by atoms with E-state index in [-0.39, 0.29) is 12.2 Å². The quantitative estimate of drug-likeness (QED) is 0.532. The van der Waals surface area contributed by atoms with Gasteiger partial charge in [0.05, 0.1) is 17.0 Å². The van der Waals surface area contributed by atoms with Gasteiger partial charge in [-0.05, 0) is 17.2 Å². The largest absolute Gasteiger partial charge is 0.748 e. The topological polar surface area (TPSA) is 74.2 Å². The molecule has 0 fully saturated rings. The highest BCUT2D eigenvalue weighted by Crippen LogP contribution is 2.23. The summed E-state index contributed by atoms with van der Waals surface area (Å²) in [4.78, 5) is 0. The number of nitrogens with zero attached hydrogens (tertiary/aromatic N) is 1. The van der Waals surface area contributed by atoms with Crippen LogP contribution in [-0.2, 0) is 16.7 Å². The first-order valence-corrected chi connectivity index (χ1v) is 8.94. The number of hydrogen-bond donors (Lipinski definition) is 0. The molecule has 0 saturated carbocycles. The fourth-order valence-electron chi connectivity index (χ4n) is 2.69. The second-order valence-electron chi connectivity index (χ2n) is 5.44. The van der Waals surface area contributed by atoms with Gasteiger partial charge in [0.1, 0.15) is 0 Å². The van der Waals surface area contributed by atoms with Gasteiger partial charge in [-0.25, -0.2) is 8.42 Å². The van der Waals surface area contributed by atoms with Gasteiger partial charge in [-0.15, -0.1) is 0 Å². The SMILES string of the molecule is Cc1oc2ccc(-c3ccccc3)cc2[n+]1CCCS(=O)(=O)[O-]. The molecule has 0 bridgehead atoms. The standard InChI is InChI=1S/C17H17NO4S/c1-13-18(10-5-11-23(19,20)21)16-12-15(8-9-17(16)22-13)14-6-3-2-4-7-14/h2-4,6-9,12H,5,10-11H2,1H3. The molecule has 0 N–H and O–H groups in total. The molecule has 0 aliphatic rings. The molecule has 0 unspecified atom stereocenters. The number of benzene rings is 2. The summed E-state index contributed by atoms with van der Waals surface area (Å²) < 4.78 is 39.9. The van der Waals surface area contributed by atoms with Crippen molar-refractivity contribution in [2.75, 3.05) is 5.75 Å². The van der Waals surface area contributed by atoms with Gasteiger partial charge in [0.15, 0.2) is 6.54 Å². The number of fused-ring (bicyclic) bond motifs is 1. The molecule has 0 radical (unpaired) electrons. The summed E-state index contributed by atoms with van der Waals surface area (Å²) in [5, 5.41) is 0. The van der Waals surface area contributed by atoms with Crippen molar-refractivity contribution < 1.29 is 22.0 Å². The lowest BCUT2D eigenvalue weighted by Crippen LogP contribution is -2.36. The van der Waals surface area contributed by atoms with Crippen LogP contribution in [0.3, 0.4) is 0 Å². The van der Waals surface area contributed by atoms with E-state index < -0.39 is 10.1 Å². The molecule has 0 saturated heterocycles. The predicted molar refractivity (Wildman–Crippen MR) is 85.8 cm³/mol. The molecule has 3 rings (SSSR count). The smallest absolute Gasteiger partial charge is 0.344 e. The molecule has 5 nitrogen and oxygen atoms in total. The molecular weight excluding hydrogens is 314 g/mol. The number of oxazole rings is 1. The van der Waals surface area contributed by atoms with Crippen LogP contribution in [0.25, 0.3) is 22.2 Å². The molecular formula is C17H17NO4S. The third-order valence-corrected chi connectivity index (χ3v) is 4.56. The Labute approximate surface area is 134 Å². The minimum absolute atomic E-state index is 0.265. The zero-order valence-electron chi connectivity index (χ0n) is 12.7. The average Bonchev–Trinajstić information content (AvgIpc) is 2.82. The van der Waals surface area contributed by atoms with Gasteiger partial charge in [-0.3, -0.25) is 0 Å². The molecule has 0 aliphatic heterocycles. The minimum atomic E-state index is -4.19. The Morgan fingerprint density at radius 2 is 1.83 bits per heavy atom. The highest BCUT2D eigenvalue weighted by molar-refractivity contribution is 7.85. The molecule has 2 aromatic carbocycles. The maximum atomic E-state index is 10.8. The van der Waals surface area contributed by atoms with Gasteiger partial charge in [-0.2, -0.15) is 4.57 Å². The number of rotatable bonds is 5. The van der Waals surface area contributed by atoms with Crippen LogP contribution in [-0.4, -0.2) is 18.7 Å². The number of hydrogen-bond acceptors (Lipinski definition) is 4. The van der Waals surface area contributed by atoms with Crippen LogP contribution in [0.15, 0.2) is 52.9 Å². The summed E-state index contributed by atoms with van der Waals surface area (Å²) in [5.74, 6) is 0.318. The van der Waals surface area contributed by atoms with E-state index in [1.165, 1.54) is 0 Å². The van der Waals surface area contributed by atoms with Crippen molar-refractivity contribution in [3.63, 3.8) is 0 Å². The highest BCUT2D eigenvalue weighted by Gasteiger charge is 2.19. The molecule has 0 spiro atoms. The Morgan fingerprint density at radius 3 is 2.52 bits per heavy atom. The highest BCUT2D eigenvalue weighted by atomic mass is 32.2.